The number of benzene rings is 1. The molecule has 0 saturated heterocycles. The van der Waals surface area contributed by atoms with Crippen molar-refractivity contribution in [2.45, 2.75) is 32.1 Å². The third-order valence-electron chi connectivity index (χ3n) is 3.61. The molecule has 4 nitrogen and oxygen atoms in total. The van der Waals surface area contributed by atoms with E-state index in [1.807, 2.05) is 12.1 Å². The highest BCUT2D eigenvalue weighted by Crippen LogP contribution is 2.35. The Morgan fingerprint density at radius 3 is 2.68 bits per heavy atom. The molecule has 1 aromatic carbocycles. The normalized spacial score (nSPS) is 22.3. The lowest BCUT2D eigenvalue weighted by molar-refractivity contribution is 0.435. The van der Waals surface area contributed by atoms with Crippen molar-refractivity contribution in [3.05, 3.63) is 27.3 Å². The van der Waals surface area contributed by atoms with Crippen LogP contribution < -0.4 is 4.18 Å². The van der Waals surface area contributed by atoms with Gasteiger partial charge in [0.15, 0.2) is 5.75 Å². The van der Waals surface area contributed by atoms with Crippen molar-refractivity contribution in [1.82, 2.24) is 0 Å². The molecule has 1 saturated carbocycles. The molecule has 0 spiro atoms. The van der Waals surface area contributed by atoms with Gasteiger partial charge in [-0.2, -0.15) is 8.42 Å². The monoisotopic (exact) mass is 391 g/mol. The number of rotatable bonds is 1. The molecule has 1 fully saturated rings. The zero-order valence-electron chi connectivity index (χ0n) is 10.3. The smallest absolute Gasteiger partial charge is 0.365 e. The van der Waals surface area contributed by atoms with Gasteiger partial charge in [-0.05, 0) is 53.6 Å². The molecule has 0 amide bonds. The molecule has 1 aliphatic heterocycles. The maximum absolute atomic E-state index is 11.7. The Hall–Kier alpha value is -0.630. The van der Waals surface area contributed by atoms with E-state index in [0.717, 1.165) is 34.8 Å². The van der Waals surface area contributed by atoms with Crippen LogP contribution in [0.4, 0.5) is 0 Å². The molecule has 19 heavy (non-hydrogen) atoms. The van der Waals surface area contributed by atoms with Crippen molar-refractivity contribution in [2.24, 2.45) is 10.3 Å². The summed E-state index contributed by atoms with van der Waals surface area (Å²) in [5.74, 6) is 0.653. The minimum absolute atomic E-state index is 0.240. The summed E-state index contributed by atoms with van der Waals surface area (Å²) in [6, 6.07) is 5.52. The SMILES string of the molecule is O=S1(=O)N=C(C2CCCCC2)c2cc(I)ccc2O1. The Balaban J connectivity index is 2.09. The summed E-state index contributed by atoms with van der Waals surface area (Å²) in [5, 5.41) is 0. The minimum Gasteiger partial charge on any atom is -0.365 e. The molecule has 102 valence electrons. The number of halogens is 1. The van der Waals surface area contributed by atoms with Crippen molar-refractivity contribution in [2.75, 3.05) is 0 Å². The molecular formula is C13H14INO3S. The van der Waals surface area contributed by atoms with Crippen molar-refractivity contribution < 1.29 is 12.6 Å². The van der Waals surface area contributed by atoms with Gasteiger partial charge in [-0.3, -0.25) is 0 Å². The standard InChI is InChI=1S/C13H14INO3S/c14-10-6-7-12-11(8-10)13(15-19(16,17)18-12)9-4-2-1-3-5-9/h6-9H,1-5H2. The molecule has 0 unspecified atom stereocenters. The maximum atomic E-state index is 11.7. The van der Waals surface area contributed by atoms with E-state index in [0.29, 0.717) is 11.5 Å². The number of hydrogen-bond donors (Lipinski definition) is 0. The Morgan fingerprint density at radius 2 is 1.95 bits per heavy atom. The van der Waals surface area contributed by atoms with E-state index in [4.69, 9.17) is 4.18 Å². The molecular weight excluding hydrogens is 377 g/mol. The van der Waals surface area contributed by atoms with Gasteiger partial charge >= 0.3 is 10.3 Å². The first-order chi connectivity index (χ1) is 9.05. The number of nitrogens with zero attached hydrogens (tertiary/aromatic N) is 1. The summed E-state index contributed by atoms with van der Waals surface area (Å²) in [4.78, 5) is 0. The second-order valence-corrected chi connectivity index (χ2v) is 7.41. The Labute approximate surface area is 126 Å². The highest BCUT2D eigenvalue weighted by molar-refractivity contribution is 14.1. The summed E-state index contributed by atoms with van der Waals surface area (Å²) in [5.41, 5.74) is 1.54. The van der Waals surface area contributed by atoms with Gasteiger partial charge in [0.2, 0.25) is 0 Å². The topological polar surface area (TPSA) is 55.7 Å². The Kier molecular flexibility index (Phi) is 3.55. The highest BCUT2D eigenvalue weighted by Gasteiger charge is 2.30. The number of fused-ring (bicyclic) bond motifs is 1. The van der Waals surface area contributed by atoms with Crippen molar-refractivity contribution in [1.29, 1.82) is 0 Å². The summed E-state index contributed by atoms with van der Waals surface area (Å²) < 4.78 is 33.4. The molecule has 3 rings (SSSR count). The van der Waals surface area contributed by atoms with Gasteiger partial charge in [-0.15, -0.1) is 4.40 Å². The quantitative estimate of drug-likeness (QED) is 0.691. The highest BCUT2D eigenvalue weighted by atomic mass is 127. The lowest BCUT2D eigenvalue weighted by Gasteiger charge is -2.26. The van der Waals surface area contributed by atoms with Crippen molar-refractivity contribution >= 4 is 38.6 Å². The number of hydrogen-bond acceptors (Lipinski definition) is 3. The molecule has 1 aliphatic carbocycles. The van der Waals surface area contributed by atoms with E-state index >= 15 is 0 Å². The van der Waals surface area contributed by atoms with E-state index < -0.39 is 10.3 Å². The molecule has 6 heteroatoms. The van der Waals surface area contributed by atoms with Crippen LogP contribution in [0.25, 0.3) is 0 Å². The van der Waals surface area contributed by atoms with E-state index in [1.165, 1.54) is 6.42 Å². The van der Waals surface area contributed by atoms with E-state index in [2.05, 4.69) is 27.0 Å². The first-order valence-corrected chi connectivity index (χ1v) is 8.84. The predicted molar refractivity (Wildman–Crippen MR) is 81.8 cm³/mol. The fourth-order valence-corrected chi connectivity index (χ4v) is 4.14. The van der Waals surface area contributed by atoms with E-state index in [9.17, 15) is 8.42 Å². The molecule has 0 atom stereocenters. The van der Waals surface area contributed by atoms with Crippen LogP contribution in [0.3, 0.4) is 0 Å². The minimum atomic E-state index is -3.82. The first-order valence-electron chi connectivity index (χ1n) is 6.39. The molecule has 1 aromatic rings. The van der Waals surface area contributed by atoms with Crippen LogP contribution in [0.1, 0.15) is 37.7 Å². The van der Waals surface area contributed by atoms with Gasteiger partial charge in [0.25, 0.3) is 0 Å². The average molecular weight is 391 g/mol. The molecule has 0 N–H and O–H groups in total. The maximum Gasteiger partial charge on any atom is 0.428 e. The van der Waals surface area contributed by atoms with Crippen molar-refractivity contribution in [3.8, 4) is 5.75 Å². The molecule has 1 heterocycles. The first kappa shape index (κ1) is 13.4. The van der Waals surface area contributed by atoms with Crippen LogP contribution in [-0.2, 0) is 10.3 Å². The van der Waals surface area contributed by atoms with Crippen LogP contribution in [-0.4, -0.2) is 14.1 Å². The summed E-state index contributed by atoms with van der Waals surface area (Å²) >= 11 is 2.22. The second kappa shape index (κ2) is 5.05. The van der Waals surface area contributed by atoms with E-state index in [1.54, 1.807) is 6.07 Å². The van der Waals surface area contributed by atoms with Gasteiger partial charge in [0.05, 0.1) is 5.71 Å². The fourth-order valence-electron chi connectivity index (χ4n) is 2.75. The molecule has 0 aromatic heterocycles. The Bertz CT molecular complexity index is 633. The zero-order chi connectivity index (χ0) is 13.5. The zero-order valence-corrected chi connectivity index (χ0v) is 13.3. The summed E-state index contributed by atoms with van der Waals surface area (Å²) in [7, 11) is -3.82. The van der Waals surface area contributed by atoms with Gasteiger partial charge in [0, 0.05) is 15.1 Å². The lowest BCUT2D eigenvalue weighted by atomic mass is 9.83. The van der Waals surface area contributed by atoms with Crippen LogP contribution >= 0.6 is 22.6 Å². The van der Waals surface area contributed by atoms with E-state index in [-0.39, 0.29) is 5.92 Å². The van der Waals surface area contributed by atoms with Gasteiger partial charge in [0.1, 0.15) is 0 Å². The van der Waals surface area contributed by atoms with Crippen LogP contribution in [0.15, 0.2) is 22.6 Å². The summed E-state index contributed by atoms with van der Waals surface area (Å²) in [6.45, 7) is 0. The van der Waals surface area contributed by atoms with Crippen molar-refractivity contribution in [3.63, 3.8) is 0 Å². The lowest BCUT2D eigenvalue weighted by Crippen LogP contribution is -2.26. The third kappa shape index (κ3) is 2.79. The van der Waals surface area contributed by atoms with Gasteiger partial charge < -0.3 is 4.18 Å². The van der Waals surface area contributed by atoms with Crippen LogP contribution in [0.2, 0.25) is 0 Å². The summed E-state index contributed by atoms with van der Waals surface area (Å²) in [6.07, 6.45) is 5.54. The average Bonchev–Trinajstić information content (AvgIpc) is 2.39. The van der Waals surface area contributed by atoms with Gasteiger partial charge in [-0.1, -0.05) is 19.3 Å². The third-order valence-corrected chi connectivity index (χ3v) is 5.10. The molecule has 0 bridgehead atoms. The Morgan fingerprint density at radius 1 is 1.21 bits per heavy atom. The van der Waals surface area contributed by atoms with Crippen LogP contribution in [0, 0.1) is 9.49 Å². The largest absolute Gasteiger partial charge is 0.428 e. The molecule has 2 aliphatic rings. The van der Waals surface area contributed by atoms with Gasteiger partial charge in [-0.25, -0.2) is 0 Å². The predicted octanol–water partition coefficient (Wildman–Crippen LogP) is 3.30. The second-order valence-electron chi connectivity index (χ2n) is 4.96. The molecule has 0 radical (unpaired) electrons. The van der Waals surface area contributed by atoms with Crippen LogP contribution in [0.5, 0.6) is 5.75 Å². The fraction of sp³-hybridized carbons (Fsp3) is 0.462.